The molecule has 1 saturated carbocycles. The van der Waals surface area contributed by atoms with Gasteiger partial charge >= 0.3 is 0 Å². The van der Waals surface area contributed by atoms with E-state index in [0.29, 0.717) is 30.2 Å². The van der Waals surface area contributed by atoms with E-state index in [-0.39, 0.29) is 12.4 Å². The summed E-state index contributed by atoms with van der Waals surface area (Å²) in [5.74, 6) is 1.61. The fraction of sp³-hybridized carbons (Fsp3) is 0.941. The fourth-order valence-corrected chi connectivity index (χ4v) is 4.09. The van der Waals surface area contributed by atoms with E-state index in [0.717, 1.165) is 45.6 Å². The van der Waals surface area contributed by atoms with Gasteiger partial charge in [0.05, 0.1) is 0 Å². The third-order valence-electron chi connectivity index (χ3n) is 5.21. The summed E-state index contributed by atoms with van der Waals surface area (Å²) in [5.41, 5.74) is 6.14. The molecule has 2 fully saturated rings. The largest absolute Gasteiger partial charge is 0.342 e. The van der Waals surface area contributed by atoms with Gasteiger partial charge in [-0.15, -0.1) is 12.4 Å². The Bertz CT molecular complexity index is 334. The minimum Gasteiger partial charge on any atom is -0.342 e. The molecule has 4 nitrogen and oxygen atoms in total. The van der Waals surface area contributed by atoms with Gasteiger partial charge in [0.1, 0.15) is 0 Å². The molecule has 1 aliphatic heterocycles. The quantitative estimate of drug-likeness (QED) is 0.743. The van der Waals surface area contributed by atoms with Crippen molar-refractivity contribution in [3.05, 3.63) is 0 Å². The Morgan fingerprint density at radius 2 is 1.82 bits per heavy atom. The average molecular weight is 332 g/mol. The normalized spacial score (nSPS) is 27.1. The number of likely N-dealkylation sites (tertiary alicyclic amines) is 1. The van der Waals surface area contributed by atoms with Gasteiger partial charge in [-0.3, -0.25) is 4.79 Å². The zero-order valence-electron chi connectivity index (χ0n) is 14.3. The molecule has 22 heavy (non-hydrogen) atoms. The van der Waals surface area contributed by atoms with Crippen LogP contribution in [0.4, 0.5) is 0 Å². The van der Waals surface area contributed by atoms with Crippen LogP contribution in [0.2, 0.25) is 0 Å². The molecule has 0 aromatic heterocycles. The maximum Gasteiger partial charge on any atom is 0.222 e. The van der Waals surface area contributed by atoms with Crippen molar-refractivity contribution in [2.75, 3.05) is 32.7 Å². The molecule has 0 aromatic rings. The number of halogens is 1. The highest BCUT2D eigenvalue weighted by Crippen LogP contribution is 2.37. The van der Waals surface area contributed by atoms with Crippen molar-refractivity contribution in [2.24, 2.45) is 17.6 Å². The second-order valence-corrected chi connectivity index (χ2v) is 6.91. The lowest BCUT2D eigenvalue weighted by Gasteiger charge is -2.22. The molecule has 5 heteroatoms. The third-order valence-corrected chi connectivity index (χ3v) is 5.21. The predicted octanol–water partition coefficient (Wildman–Crippen LogP) is 2.51. The summed E-state index contributed by atoms with van der Waals surface area (Å²) < 4.78 is 0. The number of hydrogen-bond acceptors (Lipinski definition) is 3. The molecule has 1 saturated heterocycles. The topological polar surface area (TPSA) is 49.6 Å². The molecule has 3 unspecified atom stereocenters. The number of fused-ring (bicyclic) bond motifs is 1. The molecular formula is C17H34ClN3O. The standard InChI is InChI=1S/C17H33N3O.ClH/c1-3-9-19(10-4-2)11-5-6-17(21)20-12-14-7-8-16(18)15(14)13-20;/h14-16H,3-13,18H2,1-2H3;1H. The molecule has 1 aliphatic carbocycles. The number of carbonyl (C=O) groups is 1. The van der Waals surface area contributed by atoms with Crippen molar-refractivity contribution in [3.8, 4) is 0 Å². The Kier molecular flexibility index (Phi) is 8.73. The first kappa shape index (κ1) is 19.7. The van der Waals surface area contributed by atoms with Crippen LogP contribution in [-0.2, 0) is 4.79 Å². The first-order valence-electron chi connectivity index (χ1n) is 8.91. The first-order valence-corrected chi connectivity index (χ1v) is 8.91. The zero-order chi connectivity index (χ0) is 15.2. The molecule has 130 valence electrons. The highest BCUT2D eigenvalue weighted by Gasteiger charge is 2.42. The van der Waals surface area contributed by atoms with E-state index in [4.69, 9.17) is 5.73 Å². The molecule has 0 bridgehead atoms. The fourth-order valence-electron chi connectivity index (χ4n) is 4.09. The highest BCUT2D eigenvalue weighted by molar-refractivity contribution is 5.85. The van der Waals surface area contributed by atoms with Crippen molar-refractivity contribution in [3.63, 3.8) is 0 Å². The Labute approximate surface area is 142 Å². The summed E-state index contributed by atoms with van der Waals surface area (Å²) >= 11 is 0. The van der Waals surface area contributed by atoms with E-state index in [1.807, 2.05) is 0 Å². The van der Waals surface area contributed by atoms with Crippen LogP contribution in [0.15, 0.2) is 0 Å². The van der Waals surface area contributed by atoms with Crippen LogP contribution in [0.25, 0.3) is 0 Å². The molecule has 2 rings (SSSR count). The van der Waals surface area contributed by atoms with Crippen LogP contribution in [-0.4, -0.2) is 54.5 Å². The van der Waals surface area contributed by atoms with Gasteiger partial charge in [-0.2, -0.15) is 0 Å². The second-order valence-electron chi connectivity index (χ2n) is 6.91. The van der Waals surface area contributed by atoms with Crippen molar-refractivity contribution in [2.45, 2.75) is 58.4 Å². The van der Waals surface area contributed by atoms with Crippen LogP contribution >= 0.6 is 12.4 Å². The maximum absolute atomic E-state index is 12.3. The van der Waals surface area contributed by atoms with Crippen LogP contribution in [0.5, 0.6) is 0 Å². The molecule has 1 amide bonds. The molecule has 0 radical (unpaired) electrons. The smallest absolute Gasteiger partial charge is 0.222 e. The Hall–Kier alpha value is -0.320. The summed E-state index contributed by atoms with van der Waals surface area (Å²) in [6.45, 7) is 9.70. The SMILES string of the molecule is CCCN(CCC)CCCC(=O)N1CC2CCC(N)C2C1.Cl. The van der Waals surface area contributed by atoms with Crippen LogP contribution in [0.1, 0.15) is 52.4 Å². The van der Waals surface area contributed by atoms with E-state index >= 15 is 0 Å². The van der Waals surface area contributed by atoms with Gasteiger partial charge in [0, 0.05) is 25.6 Å². The van der Waals surface area contributed by atoms with Crippen LogP contribution in [0.3, 0.4) is 0 Å². The maximum atomic E-state index is 12.3. The number of amides is 1. The lowest BCUT2D eigenvalue weighted by Crippen LogP contribution is -2.34. The van der Waals surface area contributed by atoms with E-state index in [9.17, 15) is 4.79 Å². The van der Waals surface area contributed by atoms with Crippen LogP contribution < -0.4 is 5.73 Å². The number of hydrogen-bond donors (Lipinski definition) is 1. The van der Waals surface area contributed by atoms with Crippen molar-refractivity contribution in [1.82, 2.24) is 9.80 Å². The first-order chi connectivity index (χ1) is 10.2. The molecular weight excluding hydrogens is 298 g/mol. The monoisotopic (exact) mass is 331 g/mol. The Morgan fingerprint density at radius 1 is 1.14 bits per heavy atom. The molecule has 2 aliphatic rings. The van der Waals surface area contributed by atoms with Crippen LogP contribution in [0, 0.1) is 11.8 Å². The number of carbonyl (C=O) groups excluding carboxylic acids is 1. The number of rotatable bonds is 8. The van der Waals surface area contributed by atoms with E-state index in [2.05, 4.69) is 23.6 Å². The molecule has 0 spiro atoms. The van der Waals surface area contributed by atoms with E-state index in [1.54, 1.807) is 0 Å². The lowest BCUT2D eigenvalue weighted by atomic mass is 9.98. The summed E-state index contributed by atoms with van der Waals surface area (Å²) in [4.78, 5) is 16.9. The van der Waals surface area contributed by atoms with Gasteiger partial charge in [-0.05, 0) is 63.6 Å². The molecule has 3 atom stereocenters. The van der Waals surface area contributed by atoms with E-state index < -0.39 is 0 Å². The zero-order valence-corrected chi connectivity index (χ0v) is 15.1. The second kappa shape index (κ2) is 9.74. The van der Waals surface area contributed by atoms with Crippen molar-refractivity contribution >= 4 is 18.3 Å². The minimum atomic E-state index is 0. The summed E-state index contributed by atoms with van der Waals surface area (Å²) in [6.07, 6.45) is 6.47. The van der Waals surface area contributed by atoms with Gasteiger partial charge < -0.3 is 15.5 Å². The van der Waals surface area contributed by atoms with Gasteiger partial charge in [-0.25, -0.2) is 0 Å². The Morgan fingerprint density at radius 3 is 2.41 bits per heavy atom. The van der Waals surface area contributed by atoms with Crippen molar-refractivity contribution < 1.29 is 4.79 Å². The summed E-state index contributed by atoms with van der Waals surface area (Å²) in [6, 6.07) is 0.331. The molecule has 1 heterocycles. The number of nitrogens with zero attached hydrogens (tertiary/aromatic N) is 2. The molecule has 0 aromatic carbocycles. The van der Waals surface area contributed by atoms with Gasteiger partial charge in [0.2, 0.25) is 5.91 Å². The van der Waals surface area contributed by atoms with Crippen molar-refractivity contribution in [1.29, 1.82) is 0 Å². The van der Waals surface area contributed by atoms with Gasteiger partial charge in [-0.1, -0.05) is 13.8 Å². The predicted molar refractivity (Wildman–Crippen MR) is 94.3 cm³/mol. The highest BCUT2D eigenvalue weighted by atomic mass is 35.5. The number of nitrogens with two attached hydrogens (primary N) is 1. The summed E-state index contributed by atoms with van der Waals surface area (Å²) in [7, 11) is 0. The van der Waals surface area contributed by atoms with Gasteiger partial charge in [0.25, 0.3) is 0 Å². The summed E-state index contributed by atoms with van der Waals surface area (Å²) in [5, 5.41) is 0. The lowest BCUT2D eigenvalue weighted by molar-refractivity contribution is -0.130. The third kappa shape index (κ3) is 5.10. The minimum absolute atomic E-state index is 0. The average Bonchev–Trinajstić information content (AvgIpc) is 3.02. The molecule has 2 N–H and O–H groups in total. The van der Waals surface area contributed by atoms with E-state index in [1.165, 1.54) is 19.3 Å². The Balaban J connectivity index is 0.00000242. The van der Waals surface area contributed by atoms with Gasteiger partial charge in [0.15, 0.2) is 0 Å².